The van der Waals surface area contributed by atoms with E-state index < -0.39 is 0 Å². The second-order valence-corrected chi connectivity index (χ2v) is 7.63. The van der Waals surface area contributed by atoms with Crippen molar-refractivity contribution in [3.63, 3.8) is 0 Å². The Kier molecular flexibility index (Phi) is 6.93. The molecule has 0 saturated carbocycles. The second-order valence-electron chi connectivity index (χ2n) is 5.39. The van der Waals surface area contributed by atoms with Crippen LogP contribution in [0.2, 0.25) is 0 Å². The fourth-order valence-corrected chi connectivity index (χ4v) is 3.47. The number of hydrogen-bond acceptors (Lipinski definition) is 5. The molecular formula is C17H21N3O2S2. The van der Waals surface area contributed by atoms with Gasteiger partial charge in [0, 0.05) is 17.5 Å². The van der Waals surface area contributed by atoms with Crippen LogP contribution in [0, 0.1) is 13.8 Å². The molecule has 1 amide bonds. The Labute approximate surface area is 150 Å². The maximum Gasteiger partial charge on any atom is 0.251 e. The largest absolute Gasteiger partial charge is 0.325 e. The van der Waals surface area contributed by atoms with E-state index in [1.807, 2.05) is 26.0 Å². The molecule has 1 aromatic carbocycles. The van der Waals surface area contributed by atoms with Crippen molar-refractivity contribution in [3.05, 3.63) is 51.4 Å². The smallest absolute Gasteiger partial charge is 0.251 e. The minimum absolute atomic E-state index is 0.124. The van der Waals surface area contributed by atoms with Crippen molar-refractivity contribution in [1.29, 1.82) is 0 Å². The van der Waals surface area contributed by atoms with Gasteiger partial charge in [-0.25, -0.2) is 4.98 Å². The number of aromatic amines is 1. The second kappa shape index (κ2) is 8.94. The molecule has 0 atom stereocenters. The van der Waals surface area contributed by atoms with Gasteiger partial charge >= 0.3 is 0 Å². The molecule has 0 bridgehead atoms. The maximum atomic E-state index is 12.1. The molecule has 0 radical (unpaired) electrons. The van der Waals surface area contributed by atoms with Crippen molar-refractivity contribution < 1.29 is 4.79 Å². The predicted octanol–water partition coefficient (Wildman–Crippen LogP) is 3.37. The Morgan fingerprint density at radius 3 is 2.58 bits per heavy atom. The van der Waals surface area contributed by atoms with Gasteiger partial charge in [-0.05, 0) is 42.9 Å². The fraction of sp³-hybridized carbons (Fsp3) is 0.353. The summed E-state index contributed by atoms with van der Waals surface area (Å²) < 4.78 is 0. The highest BCUT2D eigenvalue weighted by Crippen LogP contribution is 2.17. The summed E-state index contributed by atoms with van der Waals surface area (Å²) in [6, 6.07) is 7.41. The molecule has 0 aliphatic rings. The fourth-order valence-electron chi connectivity index (χ4n) is 2.21. The van der Waals surface area contributed by atoms with Crippen LogP contribution in [0.4, 0.5) is 5.69 Å². The van der Waals surface area contributed by atoms with Crippen LogP contribution in [0.3, 0.4) is 0 Å². The number of carbonyl (C=O) groups excluding carboxylic acids is 1. The first-order valence-corrected chi connectivity index (χ1v) is 9.79. The van der Waals surface area contributed by atoms with E-state index in [9.17, 15) is 9.59 Å². The molecule has 5 nitrogen and oxygen atoms in total. The first-order valence-electron chi connectivity index (χ1n) is 7.65. The van der Waals surface area contributed by atoms with Crippen molar-refractivity contribution in [2.75, 3.05) is 16.8 Å². The van der Waals surface area contributed by atoms with Crippen LogP contribution in [0.5, 0.6) is 0 Å². The first-order chi connectivity index (χ1) is 11.5. The lowest BCUT2D eigenvalue weighted by molar-refractivity contribution is -0.113. The number of thioether (sulfide) groups is 2. The van der Waals surface area contributed by atoms with Gasteiger partial charge in [-0.2, -0.15) is 11.8 Å². The van der Waals surface area contributed by atoms with Crippen LogP contribution in [0.15, 0.2) is 34.2 Å². The summed E-state index contributed by atoms with van der Waals surface area (Å²) in [5.74, 6) is 1.74. The number of aromatic nitrogens is 2. The van der Waals surface area contributed by atoms with E-state index in [0.29, 0.717) is 10.9 Å². The monoisotopic (exact) mass is 363 g/mol. The van der Waals surface area contributed by atoms with Gasteiger partial charge in [-0.1, -0.05) is 24.8 Å². The number of H-pyrrole nitrogens is 1. The standard InChI is InChI=1S/C17H21N3O2S2/c1-4-23-9-14-8-15(21)20-17(19-14)24-10-16(22)18-13-6-11(2)5-12(3)7-13/h5-8H,4,9-10H2,1-3H3,(H,18,22)(H,19,20,21). The van der Waals surface area contributed by atoms with E-state index in [4.69, 9.17) is 0 Å². The molecule has 2 aromatic rings. The summed E-state index contributed by atoms with van der Waals surface area (Å²) in [4.78, 5) is 30.8. The number of amides is 1. The average molecular weight is 364 g/mol. The predicted molar refractivity (Wildman–Crippen MR) is 102 cm³/mol. The van der Waals surface area contributed by atoms with Crippen LogP contribution in [-0.4, -0.2) is 27.4 Å². The number of anilines is 1. The van der Waals surface area contributed by atoms with Gasteiger partial charge in [0.25, 0.3) is 5.56 Å². The van der Waals surface area contributed by atoms with Crippen LogP contribution in [-0.2, 0) is 10.5 Å². The van der Waals surface area contributed by atoms with Gasteiger partial charge in [-0.3, -0.25) is 9.59 Å². The molecule has 2 N–H and O–H groups in total. The molecule has 7 heteroatoms. The Morgan fingerprint density at radius 2 is 1.92 bits per heavy atom. The maximum absolute atomic E-state index is 12.1. The van der Waals surface area contributed by atoms with E-state index >= 15 is 0 Å². The Morgan fingerprint density at radius 1 is 1.21 bits per heavy atom. The van der Waals surface area contributed by atoms with E-state index in [0.717, 1.165) is 28.3 Å². The summed E-state index contributed by atoms with van der Waals surface area (Å²) in [6.07, 6.45) is 0. The van der Waals surface area contributed by atoms with Gasteiger partial charge < -0.3 is 10.3 Å². The van der Waals surface area contributed by atoms with Gasteiger partial charge in [0.05, 0.1) is 11.4 Å². The third-order valence-corrected chi connectivity index (χ3v) is 4.85. The molecule has 1 aromatic heterocycles. The minimum Gasteiger partial charge on any atom is -0.325 e. The zero-order chi connectivity index (χ0) is 17.5. The van der Waals surface area contributed by atoms with Crippen molar-refractivity contribution in [3.8, 4) is 0 Å². The highest BCUT2D eigenvalue weighted by Gasteiger charge is 2.07. The van der Waals surface area contributed by atoms with E-state index in [-0.39, 0.29) is 17.2 Å². The Bertz CT molecular complexity index is 754. The van der Waals surface area contributed by atoms with Crippen LogP contribution < -0.4 is 10.9 Å². The van der Waals surface area contributed by atoms with Gasteiger partial charge in [0.1, 0.15) is 0 Å². The highest BCUT2D eigenvalue weighted by molar-refractivity contribution is 7.99. The molecule has 24 heavy (non-hydrogen) atoms. The first kappa shape index (κ1) is 18.6. The van der Waals surface area contributed by atoms with Crippen LogP contribution in [0.1, 0.15) is 23.7 Å². The molecule has 0 aliphatic heterocycles. The lowest BCUT2D eigenvalue weighted by Crippen LogP contribution is -2.16. The van der Waals surface area contributed by atoms with Crippen molar-refractivity contribution in [1.82, 2.24) is 9.97 Å². The number of nitrogens with one attached hydrogen (secondary N) is 2. The number of rotatable bonds is 7. The lowest BCUT2D eigenvalue weighted by atomic mass is 10.1. The number of hydrogen-bond donors (Lipinski definition) is 2. The summed E-state index contributed by atoms with van der Waals surface area (Å²) >= 11 is 2.93. The molecule has 0 spiro atoms. The molecule has 1 heterocycles. The molecule has 128 valence electrons. The minimum atomic E-state index is -0.186. The highest BCUT2D eigenvalue weighted by atomic mass is 32.2. The van der Waals surface area contributed by atoms with Crippen molar-refractivity contribution in [2.24, 2.45) is 0 Å². The van der Waals surface area contributed by atoms with Gasteiger partial charge in [0.2, 0.25) is 5.91 Å². The number of carbonyl (C=O) groups is 1. The SMILES string of the molecule is CCSCc1cc(=O)[nH]c(SCC(=O)Nc2cc(C)cc(C)c2)n1. The lowest BCUT2D eigenvalue weighted by Gasteiger charge is -2.07. The zero-order valence-electron chi connectivity index (χ0n) is 14.0. The van der Waals surface area contributed by atoms with Crippen LogP contribution >= 0.6 is 23.5 Å². The third kappa shape index (κ3) is 6.05. The summed E-state index contributed by atoms with van der Waals surface area (Å²) in [7, 11) is 0. The number of benzene rings is 1. The summed E-state index contributed by atoms with van der Waals surface area (Å²) in [5.41, 5.74) is 3.54. The quantitative estimate of drug-likeness (QED) is 0.583. The van der Waals surface area contributed by atoms with E-state index in [1.54, 1.807) is 11.8 Å². The number of aryl methyl sites for hydroxylation is 2. The van der Waals surface area contributed by atoms with Crippen molar-refractivity contribution >= 4 is 35.1 Å². The molecule has 0 unspecified atom stereocenters. The van der Waals surface area contributed by atoms with E-state index in [2.05, 4.69) is 28.3 Å². The molecule has 0 fully saturated rings. The molecular weight excluding hydrogens is 342 g/mol. The third-order valence-electron chi connectivity index (χ3n) is 3.07. The normalized spacial score (nSPS) is 10.6. The molecule has 0 saturated heterocycles. The molecule has 0 aliphatic carbocycles. The van der Waals surface area contributed by atoms with Gasteiger partial charge in [0.15, 0.2) is 5.16 Å². The topological polar surface area (TPSA) is 74.8 Å². The van der Waals surface area contributed by atoms with Gasteiger partial charge in [-0.15, -0.1) is 0 Å². The average Bonchev–Trinajstić information content (AvgIpc) is 2.49. The van der Waals surface area contributed by atoms with Crippen LogP contribution in [0.25, 0.3) is 0 Å². The zero-order valence-corrected chi connectivity index (χ0v) is 15.6. The Balaban J connectivity index is 1.96. The Hall–Kier alpha value is -1.73. The van der Waals surface area contributed by atoms with Crippen molar-refractivity contribution in [2.45, 2.75) is 31.7 Å². The summed E-state index contributed by atoms with van der Waals surface area (Å²) in [5, 5.41) is 3.35. The van der Waals surface area contributed by atoms with E-state index in [1.165, 1.54) is 17.8 Å². The summed E-state index contributed by atoms with van der Waals surface area (Å²) in [6.45, 7) is 6.04. The molecule has 2 rings (SSSR count). The number of nitrogens with zero attached hydrogens (tertiary/aromatic N) is 1.